The first kappa shape index (κ1) is 6.78. The van der Waals surface area contributed by atoms with E-state index >= 15 is 0 Å². The SMILES string of the molecule is Cc1oc(CO)nc1C#N. The summed E-state index contributed by atoms with van der Waals surface area (Å²) in [5.74, 6) is 0.639. The van der Waals surface area contributed by atoms with Crippen LogP contribution in [0, 0.1) is 18.3 Å². The molecule has 1 aromatic rings. The summed E-state index contributed by atoms with van der Waals surface area (Å²) < 4.78 is 4.87. The fourth-order valence-corrected chi connectivity index (χ4v) is 0.623. The van der Waals surface area contributed by atoms with Gasteiger partial charge in [0.1, 0.15) is 18.4 Å². The average molecular weight is 138 g/mol. The van der Waals surface area contributed by atoms with Gasteiger partial charge in [0.05, 0.1) is 0 Å². The van der Waals surface area contributed by atoms with Crippen molar-refractivity contribution in [3.63, 3.8) is 0 Å². The van der Waals surface area contributed by atoms with Crippen molar-refractivity contribution in [1.29, 1.82) is 5.26 Å². The molecule has 0 aromatic carbocycles. The summed E-state index contributed by atoms with van der Waals surface area (Å²) >= 11 is 0. The molecule has 0 aliphatic heterocycles. The number of hydrogen-bond donors (Lipinski definition) is 1. The normalized spacial score (nSPS) is 9.30. The number of nitriles is 1. The van der Waals surface area contributed by atoms with Crippen molar-refractivity contribution in [1.82, 2.24) is 4.98 Å². The van der Waals surface area contributed by atoms with Crippen LogP contribution < -0.4 is 0 Å². The molecule has 1 rings (SSSR count). The van der Waals surface area contributed by atoms with Gasteiger partial charge in [0, 0.05) is 0 Å². The first-order valence-electron chi connectivity index (χ1n) is 2.75. The number of aliphatic hydroxyl groups is 1. The minimum absolute atomic E-state index is 0.189. The van der Waals surface area contributed by atoms with Crippen molar-refractivity contribution in [3.05, 3.63) is 17.3 Å². The summed E-state index contributed by atoms with van der Waals surface area (Å²) in [6.45, 7) is 1.37. The molecule has 4 heteroatoms. The van der Waals surface area contributed by atoms with Crippen LogP contribution in [-0.2, 0) is 6.61 Å². The maximum atomic E-state index is 8.51. The predicted octanol–water partition coefficient (Wildman–Crippen LogP) is 0.347. The summed E-state index contributed by atoms with van der Waals surface area (Å²) in [7, 11) is 0. The van der Waals surface area contributed by atoms with Crippen LogP contribution in [0.4, 0.5) is 0 Å². The van der Waals surface area contributed by atoms with Gasteiger partial charge in [-0.05, 0) is 6.92 Å². The largest absolute Gasteiger partial charge is 0.442 e. The number of aliphatic hydroxyl groups excluding tert-OH is 1. The quantitative estimate of drug-likeness (QED) is 0.607. The van der Waals surface area contributed by atoms with Gasteiger partial charge in [-0.25, -0.2) is 4.98 Å². The molecule has 0 saturated heterocycles. The zero-order chi connectivity index (χ0) is 7.56. The molecule has 0 aliphatic carbocycles. The van der Waals surface area contributed by atoms with E-state index in [1.54, 1.807) is 6.92 Å². The van der Waals surface area contributed by atoms with Gasteiger partial charge in [-0.3, -0.25) is 0 Å². The Morgan fingerprint density at radius 2 is 2.50 bits per heavy atom. The lowest BCUT2D eigenvalue weighted by Crippen LogP contribution is -1.81. The maximum Gasteiger partial charge on any atom is 0.221 e. The van der Waals surface area contributed by atoms with E-state index in [1.165, 1.54) is 0 Å². The van der Waals surface area contributed by atoms with Crippen LogP contribution in [0.2, 0.25) is 0 Å². The number of rotatable bonds is 1. The van der Waals surface area contributed by atoms with Gasteiger partial charge in [-0.1, -0.05) is 0 Å². The third kappa shape index (κ3) is 0.993. The minimum atomic E-state index is -0.261. The second-order valence-corrected chi connectivity index (χ2v) is 1.78. The highest BCUT2D eigenvalue weighted by Gasteiger charge is 2.05. The molecule has 0 atom stereocenters. The average Bonchev–Trinajstić information content (AvgIpc) is 2.30. The van der Waals surface area contributed by atoms with Crippen LogP contribution in [0.5, 0.6) is 0 Å². The van der Waals surface area contributed by atoms with Crippen LogP contribution in [0.1, 0.15) is 17.3 Å². The molecule has 1 aromatic heterocycles. The van der Waals surface area contributed by atoms with Crippen molar-refractivity contribution in [2.24, 2.45) is 0 Å². The van der Waals surface area contributed by atoms with E-state index in [9.17, 15) is 0 Å². The number of oxazole rings is 1. The van der Waals surface area contributed by atoms with Gasteiger partial charge in [-0.15, -0.1) is 0 Å². The van der Waals surface area contributed by atoms with E-state index in [2.05, 4.69) is 4.98 Å². The molecule has 1 N–H and O–H groups in total. The Morgan fingerprint density at radius 3 is 2.80 bits per heavy atom. The number of aromatic nitrogens is 1. The molecule has 0 amide bonds. The lowest BCUT2D eigenvalue weighted by molar-refractivity contribution is 0.238. The van der Waals surface area contributed by atoms with Crippen molar-refractivity contribution >= 4 is 0 Å². The summed E-state index contributed by atoms with van der Waals surface area (Å²) in [6, 6.07) is 1.83. The van der Waals surface area contributed by atoms with Crippen molar-refractivity contribution in [3.8, 4) is 6.07 Å². The van der Waals surface area contributed by atoms with E-state index in [0.717, 1.165) is 0 Å². The molecule has 0 bridgehead atoms. The smallest absolute Gasteiger partial charge is 0.221 e. The van der Waals surface area contributed by atoms with Gasteiger partial charge in [-0.2, -0.15) is 5.26 Å². The van der Waals surface area contributed by atoms with E-state index in [1.807, 2.05) is 6.07 Å². The standard InChI is InChI=1S/C6H6N2O2/c1-4-5(2-7)8-6(3-9)10-4/h9H,3H2,1H3. The summed E-state index contributed by atoms with van der Waals surface area (Å²) in [4.78, 5) is 3.67. The second kappa shape index (κ2) is 2.50. The van der Waals surface area contributed by atoms with Crippen molar-refractivity contribution in [2.75, 3.05) is 0 Å². The fraction of sp³-hybridized carbons (Fsp3) is 0.333. The third-order valence-electron chi connectivity index (χ3n) is 1.08. The summed E-state index contributed by atoms with van der Waals surface area (Å²) in [6.07, 6.45) is 0. The molecule has 0 saturated carbocycles. The Bertz CT molecular complexity index is 272. The van der Waals surface area contributed by atoms with Crippen LogP contribution in [-0.4, -0.2) is 10.1 Å². The van der Waals surface area contributed by atoms with Gasteiger partial charge in [0.15, 0.2) is 5.69 Å². The monoisotopic (exact) mass is 138 g/mol. The topological polar surface area (TPSA) is 70.1 Å². The molecule has 4 nitrogen and oxygen atoms in total. The Labute approximate surface area is 57.7 Å². The summed E-state index contributed by atoms with van der Waals surface area (Å²) in [5.41, 5.74) is 0.240. The minimum Gasteiger partial charge on any atom is -0.442 e. The van der Waals surface area contributed by atoms with E-state index < -0.39 is 0 Å². The second-order valence-electron chi connectivity index (χ2n) is 1.78. The molecule has 0 aliphatic rings. The zero-order valence-corrected chi connectivity index (χ0v) is 5.46. The number of aryl methyl sites for hydroxylation is 1. The van der Waals surface area contributed by atoms with Gasteiger partial charge < -0.3 is 9.52 Å². The molecule has 0 radical (unpaired) electrons. The lowest BCUT2D eigenvalue weighted by Gasteiger charge is -1.80. The van der Waals surface area contributed by atoms with Crippen LogP contribution in [0.25, 0.3) is 0 Å². The van der Waals surface area contributed by atoms with E-state index in [-0.39, 0.29) is 18.2 Å². The highest BCUT2D eigenvalue weighted by molar-refractivity contribution is 5.22. The first-order chi connectivity index (χ1) is 4.77. The summed E-state index contributed by atoms with van der Waals surface area (Å²) in [5, 5.41) is 16.9. The molecule has 10 heavy (non-hydrogen) atoms. The number of hydrogen-bond acceptors (Lipinski definition) is 4. The lowest BCUT2D eigenvalue weighted by atomic mass is 10.4. The predicted molar refractivity (Wildman–Crippen MR) is 31.9 cm³/mol. The van der Waals surface area contributed by atoms with Crippen LogP contribution in [0.15, 0.2) is 4.42 Å². The van der Waals surface area contributed by atoms with Crippen molar-refractivity contribution in [2.45, 2.75) is 13.5 Å². The van der Waals surface area contributed by atoms with Gasteiger partial charge in [0.2, 0.25) is 5.89 Å². The third-order valence-corrected chi connectivity index (χ3v) is 1.08. The highest BCUT2D eigenvalue weighted by Crippen LogP contribution is 2.07. The molecular weight excluding hydrogens is 132 g/mol. The zero-order valence-electron chi connectivity index (χ0n) is 5.46. The molecule has 0 unspecified atom stereocenters. The van der Waals surface area contributed by atoms with Gasteiger partial charge in [0.25, 0.3) is 0 Å². The highest BCUT2D eigenvalue weighted by atomic mass is 16.4. The molecular formula is C6H6N2O2. The van der Waals surface area contributed by atoms with E-state index in [4.69, 9.17) is 14.8 Å². The number of nitrogens with zero attached hydrogens (tertiary/aromatic N) is 2. The van der Waals surface area contributed by atoms with Crippen LogP contribution in [0.3, 0.4) is 0 Å². The molecule has 0 spiro atoms. The molecule has 1 heterocycles. The fourth-order valence-electron chi connectivity index (χ4n) is 0.623. The van der Waals surface area contributed by atoms with Gasteiger partial charge >= 0.3 is 0 Å². The Hall–Kier alpha value is -1.34. The Kier molecular flexibility index (Phi) is 1.69. The van der Waals surface area contributed by atoms with E-state index in [0.29, 0.717) is 5.76 Å². The molecule has 0 fully saturated rings. The van der Waals surface area contributed by atoms with Crippen LogP contribution >= 0.6 is 0 Å². The first-order valence-corrected chi connectivity index (χ1v) is 2.75. The maximum absolute atomic E-state index is 8.51. The Balaban J connectivity index is 3.07. The Morgan fingerprint density at radius 1 is 1.80 bits per heavy atom. The molecule has 52 valence electrons. The van der Waals surface area contributed by atoms with Crippen molar-refractivity contribution < 1.29 is 9.52 Å².